The maximum absolute atomic E-state index is 14.7. The van der Waals surface area contributed by atoms with E-state index in [-0.39, 0.29) is 16.9 Å². The number of ether oxygens (including phenoxy) is 1. The first-order valence-corrected chi connectivity index (χ1v) is 10.3. The number of carbonyl (C=O) groups is 2. The lowest BCUT2D eigenvalue weighted by Gasteiger charge is -2.25. The number of unbranched alkanes of at least 4 members (excludes halogenated alkanes) is 1. The van der Waals surface area contributed by atoms with Crippen LogP contribution in [0.1, 0.15) is 48.9 Å². The number of Topliss-reactive ketones (excluding diaryl/α,β-unsaturated/α-hetero) is 1. The van der Waals surface area contributed by atoms with Gasteiger partial charge in [0.1, 0.15) is 17.3 Å². The van der Waals surface area contributed by atoms with Crippen molar-refractivity contribution in [3.63, 3.8) is 0 Å². The van der Waals surface area contributed by atoms with E-state index in [2.05, 4.69) is 0 Å². The van der Waals surface area contributed by atoms with Gasteiger partial charge in [-0.05, 0) is 49.1 Å². The molecule has 0 spiro atoms. The molecule has 0 radical (unpaired) electrons. The van der Waals surface area contributed by atoms with Gasteiger partial charge in [0.15, 0.2) is 0 Å². The summed E-state index contributed by atoms with van der Waals surface area (Å²) in [6.07, 6.45) is 3.16. The van der Waals surface area contributed by atoms with E-state index in [0.717, 1.165) is 30.6 Å². The van der Waals surface area contributed by atoms with Crippen molar-refractivity contribution in [3.05, 3.63) is 70.5 Å². The number of ketones is 1. The quantitative estimate of drug-likeness (QED) is 0.452. The smallest absolute Gasteiger partial charge is 0.295 e. The molecule has 4 rings (SSSR count). The van der Waals surface area contributed by atoms with Crippen molar-refractivity contribution < 1.29 is 23.8 Å². The zero-order chi connectivity index (χ0) is 21.3. The fourth-order valence-corrected chi connectivity index (χ4v) is 4.12. The number of benzene rings is 2. The molecule has 1 unspecified atom stereocenters. The van der Waals surface area contributed by atoms with Crippen LogP contribution in [-0.4, -0.2) is 34.8 Å². The molecule has 0 bridgehead atoms. The number of likely N-dealkylation sites (tertiary alicyclic amines) is 1. The van der Waals surface area contributed by atoms with Gasteiger partial charge < -0.3 is 14.7 Å². The summed E-state index contributed by atoms with van der Waals surface area (Å²) in [4.78, 5) is 27.1. The van der Waals surface area contributed by atoms with Crippen LogP contribution in [0.3, 0.4) is 0 Å². The van der Waals surface area contributed by atoms with Gasteiger partial charge in [-0.2, -0.15) is 0 Å². The molecule has 0 aliphatic carbocycles. The monoisotopic (exact) mass is 409 g/mol. The molecule has 2 aliphatic rings. The van der Waals surface area contributed by atoms with Crippen LogP contribution in [0.4, 0.5) is 4.39 Å². The summed E-state index contributed by atoms with van der Waals surface area (Å²) >= 11 is 0. The van der Waals surface area contributed by atoms with Gasteiger partial charge in [-0.3, -0.25) is 9.59 Å². The number of aryl methyl sites for hydroxylation is 1. The van der Waals surface area contributed by atoms with Gasteiger partial charge in [0.2, 0.25) is 0 Å². The van der Waals surface area contributed by atoms with Crippen molar-refractivity contribution in [2.75, 3.05) is 13.2 Å². The molecular formula is C24H24FNO4. The second kappa shape index (κ2) is 8.30. The minimum Gasteiger partial charge on any atom is -0.507 e. The average molecular weight is 409 g/mol. The van der Waals surface area contributed by atoms with E-state index in [1.165, 1.54) is 11.0 Å². The number of aliphatic hydroxyl groups is 1. The third-order valence-corrected chi connectivity index (χ3v) is 5.67. The number of halogens is 1. The summed E-state index contributed by atoms with van der Waals surface area (Å²) in [5.41, 5.74) is 1.50. The van der Waals surface area contributed by atoms with Crippen molar-refractivity contribution in [2.24, 2.45) is 0 Å². The normalized spacial score (nSPS) is 20.2. The standard InChI is InChI=1S/C24H24FNO4/c1-2-3-12-26-21(17-8-4-5-9-18(17)25)20(23(28)24(26)29)22(27)16-10-11-19-15(14-16)7-6-13-30-19/h4-5,8-11,14,21,27H,2-3,6-7,12-13H2,1H3/b22-20+. The molecular weight excluding hydrogens is 385 g/mol. The maximum atomic E-state index is 14.7. The Hall–Kier alpha value is -3.15. The number of amides is 1. The zero-order valence-corrected chi connectivity index (χ0v) is 16.9. The molecule has 2 heterocycles. The molecule has 1 N–H and O–H groups in total. The van der Waals surface area contributed by atoms with E-state index in [1.54, 1.807) is 36.4 Å². The third-order valence-electron chi connectivity index (χ3n) is 5.67. The number of hydrogen-bond acceptors (Lipinski definition) is 4. The molecule has 1 saturated heterocycles. The van der Waals surface area contributed by atoms with Crippen LogP contribution < -0.4 is 4.74 Å². The zero-order valence-electron chi connectivity index (χ0n) is 16.9. The number of rotatable bonds is 5. The molecule has 1 fully saturated rings. The number of aliphatic hydroxyl groups excluding tert-OH is 1. The Morgan fingerprint density at radius 2 is 2.03 bits per heavy atom. The van der Waals surface area contributed by atoms with E-state index in [1.807, 2.05) is 6.92 Å². The summed E-state index contributed by atoms with van der Waals surface area (Å²) in [6.45, 7) is 2.94. The molecule has 30 heavy (non-hydrogen) atoms. The third kappa shape index (κ3) is 3.47. The fraction of sp³-hybridized carbons (Fsp3) is 0.333. The van der Waals surface area contributed by atoms with Crippen molar-refractivity contribution >= 4 is 17.4 Å². The van der Waals surface area contributed by atoms with E-state index in [4.69, 9.17) is 4.74 Å². The summed E-state index contributed by atoms with van der Waals surface area (Å²) in [7, 11) is 0. The number of hydrogen-bond donors (Lipinski definition) is 1. The van der Waals surface area contributed by atoms with E-state index in [9.17, 15) is 19.1 Å². The SMILES string of the molecule is CCCCN1C(=O)C(=O)/C(=C(/O)c2ccc3c(c2)CCCO3)C1c1ccccc1F. The van der Waals surface area contributed by atoms with Gasteiger partial charge in [-0.1, -0.05) is 31.5 Å². The number of carbonyl (C=O) groups excluding carboxylic acids is 2. The Kier molecular flexibility index (Phi) is 5.57. The maximum Gasteiger partial charge on any atom is 0.295 e. The predicted octanol–water partition coefficient (Wildman–Crippen LogP) is 4.37. The largest absolute Gasteiger partial charge is 0.507 e. The first-order chi connectivity index (χ1) is 14.5. The highest BCUT2D eigenvalue weighted by Gasteiger charge is 2.46. The topological polar surface area (TPSA) is 66.8 Å². The van der Waals surface area contributed by atoms with Crippen LogP contribution in [0, 0.1) is 5.82 Å². The van der Waals surface area contributed by atoms with Crippen molar-refractivity contribution in [3.8, 4) is 5.75 Å². The Balaban J connectivity index is 1.85. The van der Waals surface area contributed by atoms with Gasteiger partial charge in [0.05, 0.1) is 18.2 Å². The van der Waals surface area contributed by atoms with Gasteiger partial charge >= 0.3 is 0 Å². The fourth-order valence-electron chi connectivity index (χ4n) is 4.12. The molecule has 0 saturated carbocycles. The molecule has 2 aromatic carbocycles. The highest BCUT2D eigenvalue weighted by molar-refractivity contribution is 6.46. The molecule has 0 aromatic heterocycles. The summed E-state index contributed by atoms with van der Waals surface area (Å²) in [5.74, 6) is -1.54. The van der Waals surface area contributed by atoms with Crippen molar-refractivity contribution in [1.29, 1.82) is 0 Å². The second-order valence-electron chi connectivity index (χ2n) is 7.64. The lowest BCUT2D eigenvalue weighted by Crippen LogP contribution is -2.31. The minimum absolute atomic E-state index is 0.0714. The Labute approximate surface area is 174 Å². The minimum atomic E-state index is -0.954. The van der Waals surface area contributed by atoms with E-state index >= 15 is 0 Å². The highest BCUT2D eigenvalue weighted by atomic mass is 19.1. The van der Waals surface area contributed by atoms with Crippen LogP contribution in [-0.2, 0) is 16.0 Å². The second-order valence-corrected chi connectivity index (χ2v) is 7.64. The van der Waals surface area contributed by atoms with Crippen LogP contribution in [0.15, 0.2) is 48.0 Å². The Morgan fingerprint density at radius 1 is 1.23 bits per heavy atom. The molecule has 1 atom stereocenters. The summed E-state index contributed by atoms with van der Waals surface area (Å²) in [6, 6.07) is 10.3. The average Bonchev–Trinajstić information content (AvgIpc) is 3.01. The van der Waals surface area contributed by atoms with E-state index in [0.29, 0.717) is 25.1 Å². The van der Waals surface area contributed by atoms with Crippen LogP contribution in [0.2, 0.25) is 0 Å². The first-order valence-electron chi connectivity index (χ1n) is 10.3. The predicted molar refractivity (Wildman–Crippen MR) is 111 cm³/mol. The van der Waals surface area contributed by atoms with Gasteiger partial charge in [-0.25, -0.2) is 4.39 Å². The lowest BCUT2D eigenvalue weighted by molar-refractivity contribution is -0.139. The highest BCUT2D eigenvalue weighted by Crippen LogP contribution is 2.41. The Bertz CT molecular complexity index is 1030. The summed E-state index contributed by atoms with van der Waals surface area (Å²) in [5, 5.41) is 11.1. The molecule has 6 heteroatoms. The molecule has 156 valence electrons. The van der Waals surface area contributed by atoms with Crippen LogP contribution in [0.5, 0.6) is 5.75 Å². The number of nitrogens with zero attached hydrogens (tertiary/aromatic N) is 1. The van der Waals surface area contributed by atoms with Gasteiger partial charge in [-0.15, -0.1) is 0 Å². The number of fused-ring (bicyclic) bond motifs is 1. The molecule has 2 aromatic rings. The molecule has 2 aliphatic heterocycles. The van der Waals surface area contributed by atoms with Crippen molar-refractivity contribution in [2.45, 2.75) is 38.6 Å². The van der Waals surface area contributed by atoms with Crippen LogP contribution in [0.25, 0.3) is 5.76 Å². The van der Waals surface area contributed by atoms with Crippen molar-refractivity contribution in [1.82, 2.24) is 4.90 Å². The summed E-state index contributed by atoms with van der Waals surface area (Å²) < 4.78 is 20.3. The molecule has 5 nitrogen and oxygen atoms in total. The van der Waals surface area contributed by atoms with E-state index < -0.39 is 23.5 Å². The van der Waals surface area contributed by atoms with Gasteiger partial charge in [0.25, 0.3) is 11.7 Å². The van der Waals surface area contributed by atoms with Crippen LogP contribution >= 0.6 is 0 Å². The molecule has 1 amide bonds. The Morgan fingerprint density at radius 3 is 2.80 bits per heavy atom. The lowest BCUT2D eigenvalue weighted by atomic mass is 9.93. The van der Waals surface area contributed by atoms with Gasteiger partial charge in [0, 0.05) is 17.7 Å². The first kappa shape index (κ1) is 20.1.